The highest BCUT2D eigenvalue weighted by molar-refractivity contribution is 6.80. The molecule has 1 saturated heterocycles. The van der Waals surface area contributed by atoms with Crippen LogP contribution in [0.5, 0.6) is 0 Å². The molecule has 0 radical (unpaired) electrons. The van der Waals surface area contributed by atoms with Gasteiger partial charge in [0.25, 0.3) is 0 Å². The summed E-state index contributed by atoms with van der Waals surface area (Å²) < 4.78 is 6.17. The Kier molecular flexibility index (Phi) is 13.5. The Balaban J connectivity index is 2.03. The molecule has 3 heteroatoms. The first kappa shape index (κ1) is 25.8. The third-order valence-electron chi connectivity index (χ3n) is 6.99. The quantitative estimate of drug-likeness (QED) is 0.147. The van der Waals surface area contributed by atoms with Gasteiger partial charge >= 0.3 is 0 Å². The van der Waals surface area contributed by atoms with Crippen LogP contribution in [0.4, 0.5) is 0 Å². The molecule has 28 heavy (non-hydrogen) atoms. The molecule has 0 spiro atoms. The van der Waals surface area contributed by atoms with Crippen molar-refractivity contribution in [3.05, 3.63) is 12.3 Å². The van der Waals surface area contributed by atoms with E-state index in [1.165, 1.54) is 95.9 Å². The molecule has 1 aliphatic heterocycles. The van der Waals surface area contributed by atoms with Crippen molar-refractivity contribution >= 4 is 8.07 Å². The SMILES string of the molecule is C=C(O)C1([Si](C)(C)CCCCCCCCCCCCCCCC)CCCCO1. The van der Waals surface area contributed by atoms with Gasteiger partial charge in [0.1, 0.15) is 11.0 Å². The standard InChI is InChI=1S/C25H50O2Si/c1-5-6-7-8-9-10-11-12-13-14-15-16-17-20-23-28(3,4)25(24(2)26)21-18-19-22-27-25/h26H,2,5-23H2,1,3-4H3. The summed E-state index contributed by atoms with van der Waals surface area (Å²) in [5.74, 6) is 0.300. The van der Waals surface area contributed by atoms with Crippen LogP contribution in [-0.2, 0) is 4.74 Å². The molecule has 2 nitrogen and oxygen atoms in total. The second kappa shape index (κ2) is 14.7. The van der Waals surface area contributed by atoms with Gasteiger partial charge in [-0.2, -0.15) is 0 Å². The fraction of sp³-hybridized carbons (Fsp3) is 0.920. The molecule has 0 aromatic carbocycles. The van der Waals surface area contributed by atoms with Crippen molar-refractivity contribution in [2.24, 2.45) is 0 Å². The van der Waals surface area contributed by atoms with E-state index in [9.17, 15) is 5.11 Å². The smallest absolute Gasteiger partial charge is 0.113 e. The summed E-state index contributed by atoms with van der Waals surface area (Å²) in [6.07, 6.45) is 22.9. The van der Waals surface area contributed by atoms with Crippen molar-refractivity contribution in [3.8, 4) is 0 Å². The zero-order valence-electron chi connectivity index (χ0n) is 19.5. The van der Waals surface area contributed by atoms with E-state index >= 15 is 0 Å². The molecule has 0 bridgehead atoms. The molecular formula is C25H50O2Si. The summed E-state index contributed by atoms with van der Waals surface area (Å²) >= 11 is 0. The summed E-state index contributed by atoms with van der Waals surface area (Å²) in [6.45, 7) is 11.8. The van der Waals surface area contributed by atoms with Crippen LogP contribution in [0.1, 0.15) is 116 Å². The van der Waals surface area contributed by atoms with Crippen LogP contribution in [0.15, 0.2) is 12.3 Å². The van der Waals surface area contributed by atoms with Gasteiger partial charge in [-0.05, 0) is 19.3 Å². The maximum absolute atomic E-state index is 10.3. The van der Waals surface area contributed by atoms with Gasteiger partial charge in [0, 0.05) is 6.61 Å². The third-order valence-corrected chi connectivity index (χ3v) is 11.5. The first-order valence-electron chi connectivity index (χ1n) is 12.5. The second-order valence-electron chi connectivity index (χ2n) is 9.81. The van der Waals surface area contributed by atoms with Crippen LogP contribution in [0.2, 0.25) is 19.1 Å². The lowest BCUT2D eigenvalue weighted by molar-refractivity contribution is -0.0250. The van der Waals surface area contributed by atoms with Gasteiger partial charge in [-0.25, -0.2) is 0 Å². The maximum atomic E-state index is 10.3. The Morgan fingerprint density at radius 3 is 1.68 bits per heavy atom. The molecule has 0 aliphatic carbocycles. The topological polar surface area (TPSA) is 29.5 Å². The highest BCUT2D eigenvalue weighted by Gasteiger charge is 2.50. The van der Waals surface area contributed by atoms with Crippen LogP contribution in [0, 0.1) is 0 Å². The minimum Gasteiger partial charge on any atom is -0.510 e. The molecule has 1 unspecified atom stereocenters. The second-order valence-corrected chi connectivity index (χ2v) is 14.9. The molecule has 0 amide bonds. The Labute approximate surface area is 177 Å². The van der Waals surface area contributed by atoms with E-state index in [2.05, 4.69) is 26.6 Å². The zero-order valence-corrected chi connectivity index (χ0v) is 20.5. The number of hydrogen-bond donors (Lipinski definition) is 1. The highest BCUT2D eigenvalue weighted by Crippen LogP contribution is 2.41. The van der Waals surface area contributed by atoms with E-state index in [1.807, 2.05) is 0 Å². The van der Waals surface area contributed by atoms with E-state index in [0.717, 1.165) is 25.9 Å². The predicted molar refractivity (Wildman–Crippen MR) is 127 cm³/mol. The van der Waals surface area contributed by atoms with E-state index in [1.54, 1.807) is 0 Å². The monoisotopic (exact) mass is 410 g/mol. The third kappa shape index (κ3) is 9.03. The van der Waals surface area contributed by atoms with Crippen molar-refractivity contribution in [2.45, 2.75) is 140 Å². The van der Waals surface area contributed by atoms with Gasteiger partial charge in [0.05, 0.1) is 8.07 Å². The fourth-order valence-corrected chi connectivity index (χ4v) is 8.58. The Morgan fingerprint density at radius 2 is 1.29 bits per heavy atom. The van der Waals surface area contributed by atoms with E-state index < -0.39 is 8.07 Å². The number of aliphatic hydroxyl groups is 1. The van der Waals surface area contributed by atoms with Crippen LogP contribution in [0.3, 0.4) is 0 Å². The summed E-state index contributed by atoms with van der Waals surface area (Å²) in [5, 5.41) is 9.91. The molecule has 1 heterocycles. The molecule has 0 saturated carbocycles. The maximum Gasteiger partial charge on any atom is 0.113 e. The molecule has 1 atom stereocenters. The predicted octanol–water partition coefficient (Wildman–Crippen LogP) is 8.73. The molecule has 1 fully saturated rings. The van der Waals surface area contributed by atoms with Crippen LogP contribution < -0.4 is 0 Å². The first-order valence-corrected chi connectivity index (χ1v) is 15.7. The van der Waals surface area contributed by atoms with Crippen molar-refractivity contribution in [2.75, 3.05) is 6.61 Å². The molecule has 0 aromatic rings. The molecule has 1 rings (SSSR count). The Bertz CT molecular complexity index is 399. The summed E-state index contributed by atoms with van der Waals surface area (Å²) in [7, 11) is -1.69. The van der Waals surface area contributed by atoms with Gasteiger partial charge in [-0.15, -0.1) is 0 Å². The van der Waals surface area contributed by atoms with Crippen molar-refractivity contribution in [1.82, 2.24) is 0 Å². The largest absolute Gasteiger partial charge is 0.510 e. The minimum absolute atomic E-state index is 0.300. The lowest BCUT2D eigenvalue weighted by Gasteiger charge is -2.47. The lowest BCUT2D eigenvalue weighted by atomic mass is 10.0. The highest BCUT2D eigenvalue weighted by atomic mass is 28.3. The lowest BCUT2D eigenvalue weighted by Crippen LogP contribution is -2.58. The van der Waals surface area contributed by atoms with E-state index in [-0.39, 0.29) is 5.22 Å². The number of unbranched alkanes of at least 4 members (excludes halogenated alkanes) is 13. The molecule has 166 valence electrons. The Hall–Kier alpha value is -0.283. The number of rotatable bonds is 17. The average molecular weight is 411 g/mol. The molecule has 0 aromatic heterocycles. The zero-order chi connectivity index (χ0) is 20.7. The van der Waals surface area contributed by atoms with Gasteiger partial charge in [0.15, 0.2) is 0 Å². The number of hydrogen-bond acceptors (Lipinski definition) is 2. The van der Waals surface area contributed by atoms with Gasteiger partial charge in [0.2, 0.25) is 0 Å². The van der Waals surface area contributed by atoms with Crippen molar-refractivity contribution in [3.63, 3.8) is 0 Å². The fourth-order valence-electron chi connectivity index (χ4n) is 4.91. The minimum atomic E-state index is -1.69. The Morgan fingerprint density at radius 1 is 0.821 bits per heavy atom. The number of aliphatic hydroxyl groups excluding tert-OH is 1. The number of ether oxygens (including phenoxy) is 1. The van der Waals surface area contributed by atoms with Gasteiger partial charge < -0.3 is 9.84 Å². The van der Waals surface area contributed by atoms with Crippen LogP contribution in [-0.4, -0.2) is 25.0 Å². The first-order chi connectivity index (χ1) is 13.5. The molecule has 1 aliphatic rings. The normalized spacial score (nSPS) is 20.4. The molecule has 1 N–H and O–H groups in total. The van der Waals surface area contributed by atoms with Gasteiger partial charge in [-0.1, -0.05) is 123 Å². The summed E-state index contributed by atoms with van der Waals surface area (Å²) in [5.41, 5.74) is 0. The molecular weight excluding hydrogens is 360 g/mol. The average Bonchev–Trinajstić information content (AvgIpc) is 2.68. The van der Waals surface area contributed by atoms with Crippen molar-refractivity contribution in [1.29, 1.82) is 0 Å². The van der Waals surface area contributed by atoms with Crippen molar-refractivity contribution < 1.29 is 9.84 Å². The van der Waals surface area contributed by atoms with Crippen LogP contribution in [0.25, 0.3) is 0 Å². The summed E-state index contributed by atoms with van der Waals surface area (Å²) in [6, 6.07) is 1.24. The van der Waals surface area contributed by atoms with E-state index in [4.69, 9.17) is 4.74 Å². The van der Waals surface area contributed by atoms with Crippen LogP contribution >= 0.6 is 0 Å². The van der Waals surface area contributed by atoms with E-state index in [0.29, 0.717) is 5.76 Å². The summed E-state index contributed by atoms with van der Waals surface area (Å²) in [4.78, 5) is 0. The van der Waals surface area contributed by atoms with Gasteiger partial charge in [-0.3, -0.25) is 0 Å².